The van der Waals surface area contributed by atoms with Crippen LogP contribution in [0.2, 0.25) is 0 Å². The molecular weight excluding hydrogens is 212 g/mol. The van der Waals surface area contributed by atoms with Gasteiger partial charge in [-0.25, -0.2) is 0 Å². The molecule has 3 heteroatoms. The summed E-state index contributed by atoms with van der Waals surface area (Å²) in [4.78, 5) is 0. The van der Waals surface area contributed by atoms with E-state index in [4.69, 9.17) is 10.4 Å². The van der Waals surface area contributed by atoms with Crippen molar-refractivity contribution in [2.75, 3.05) is 18.5 Å². The maximum Gasteiger partial charge on any atom is 0.101 e. The quantitative estimate of drug-likeness (QED) is 0.816. The molecule has 2 N–H and O–H groups in total. The van der Waals surface area contributed by atoms with Crippen molar-refractivity contribution in [1.29, 1.82) is 5.26 Å². The van der Waals surface area contributed by atoms with E-state index in [2.05, 4.69) is 11.4 Å². The second kappa shape index (κ2) is 4.77. The van der Waals surface area contributed by atoms with E-state index in [1.807, 2.05) is 25.1 Å². The van der Waals surface area contributed by atoms with Crippen LogP contribution in [0.25, 0.3) is 0 Å². The van der Waals surface area contributed by atoms with Crippen molar-refractivity contribution in [1.82, 2.24) is 0 Å². The van der Waals surface area contributed by atoms with Gasteiger partial charge in [-0.3, -0.25) is 0 Å². The highest BCUT2D eigenvalue weighted by Crippen LogP contribution is 2.48. The molecule has 1 fully saturated rings. The Morgan fingerprint density at radius 1 is 1.47 bits per heavy atom. The molecule has 0 spiro atoms. The van der Waals surface area contributed by atoms with Crippen molar-refractivity contribution >= 4 is 5.69 Å². The van der Waals surface area contributed by atoms with Crippen LogP contribution in [0, 0.1) is 23.7 Å². The molecule has 0 atom stereocenters. The number of hydrogen-bond acceptors (Lipinski definition) is 3. The largest absolute Gasteiger partial charge is 0.396 e. The number of nitrogens with zero attached hydrogens (tertiary/aromatic N) is 1. The molecular formula is C14H18N2O. The molecule has 0 bridgehead atoms. The molecule has 1 aliphatic carbocycles. The summed E-state index contributed by atoms with van der Waals surface area (Å²) in [7, 11) is 0. The summed E-state index contributed by atoms with van der Waals surface area (Å²) in [6.07, 6.45) is 3.20. The average Bonchev–Trinajstić information content (AvgIpc) is 3.08. The van der Waals surface area contributed by atoms with Crippen LogP contribution < -0.4 is 5.32 Å². The second-order valence-electron chi connectivity index (χ2n) is 4.99. The van der Waals surface area contributed by atoms with Gasteiger partial charge >= 0.3 is 0 Å². The predicted octanol–water partition coefficient (Wildman–Crippen LogP) is 2.44. The molecule has 1 aromatic rings. The van der Waals surface area contributed by atoms with E-state index >= 15 is 0 Å². The number of aliphatic hydroxyl groups excluding tert-OH is 1. The molecule has 0 unspecified atom stereocenters. The van der Waals surface area contributed by atoms with E-state index in [9.17, 15) is 0 Å². The number of benzene rings is 1. The fourth-order valence-corrected chi connectivity index (χ4v) is 2.12. The summed E-state index contributed by atoms with van der Waals surface area (Å²) < 4.78 is 0. The van der Waals surface area contributed by atoms with E-state index in [0.29, 0.717) is 5.56 Å². The molecule has 2 rings (SSSR count). The van der Waals surface area contributed by atoms with Gasteiger partial charge in [-0.2, -0.15) is 5.26 Å². The van der Waals surface area contributed by atoms with Crippen molar-refractivity contribution in [2.24, 2.45) is 5.41 Å². The van der Waals surface area contributed by atoms with E-state index < -0.39 is 0 Å². The Hall–Kier alpha value is -1.53. The fraction of sp³-hybridized carbons (Fsp3) is 0.500. The number of nitriles is 1. The van der Waals surface area contributed by atoms with E-state index in [0.717, 1.165) is 24.2 Å². The lowest BCUT2D eigenvalue weighted by Gasteiger charge is -2.16. The van der Waals surface area contributed by atoms with E-state index in [-0.39, 0.29) is 12.0 Å². The minimum absolute atomic E-state index is 0.251. The summed E-state index contributed by atoms with van der Waals surface area (Å²) in [6.45, 7) is 3.09. The minimum Gasteiger partial charge on any atom is -0.396 e. The Balaban J connectivity index is 2.02. The highest BCUT2D eigenvalue weighted by molar-refractivity contribution is 5.58. The van der Waals surface area contributed by atoms with Crippen molar-refractivity contribution in [3.63, 3.8) is 0 Å². The Kier molecular flexibility index (Phi) is 3.35. The van der Waals surface area contributed by atoms with Crippen molar-refractivity contribution < 1.29 is 5.11 Å². The predicted molar refractivity (Wildman–Crippen MR) is 67.8 cm³/mol. The molecule has 1 aliphatic rings. The first kappa shape index (κ1) is 11.9. The van der Waals surface area contributed by atoms with Gasteiger partial charge in [0.2, 0.25) is 0 Å². The summed E-state index contributed by atoms with van der Waals surface area (Å²) >= 11 is 0. The first-order valence-corrected chi connectivity index (χ1v) is 6.05. The van der Waals surface area contributed by atoms with Crippen molar-refractivity contribution in [3.8, 4) is 6.07 Å². The van der Waals surface area contributed by atoms with Gasteiger partial charge < -0.3 is 10.4 Å². The first-order chi connectivity index (χ1) is 8.19. The molecule has 0 saturated heterocycles. The van der Waals surface area contributed by atoms with Gasteiger partial charge in [0.1, 0.15) is 6.07 Å². The zero-order valence-electron chi connectivity index (χ0n) is 10.2. The highest BCUT2D eigenvalue weighted by Gasteiger charge is 2.41. The van der Waals surface area contributed by atoms with Crippen LogP contribution >= 0.6 is 0 Å². The summed E-state index contributed by atoms with van der Waals surface area (Å²) in [5.41, 5.74) is 2.97. The van der Waals surface area contributed by atoms with Crippen LogP contribution in [0.3, 0.4) is 0 Å². The minimum atomic E-state index is 0.251. The molecule has 0 amide bonds. The Morgan fingerprint density at radius 2 is 2.24 bits per heavy atom. The molecule has 90 valence electrons. The van der Waals surface area contributed by atoms with E-state index in [1.54, 1.807) is 0 Å². The molecule has 0 aliphatic heterocycles. The maximum absolute atomic E-state index is 9.06. The van der Waals surface area contributed by atoms with Crippen LogP contribution in [0.15, 0.2) is 18.2 Å². The van der Waals surface area contributed by atoms with Crippen LogP contribution in [-0.4, -0.2) is 18.3 Å². The highest BCUT2D eigenvalue weighted by atomic mass is 16.3. The molecule has 3 nitrogen and oxygen atoms in total. The van der Waals surface area contributed by atoms with Gasteiger partial charge in [-0.15, -0.1) is 0 Å². The maximum atomic E-state index is 9.06. The number of nitrogens with one attached hydrogen (secondary N) is 1. The van der Waals surface area contributed by atoms with Gasteiger partial charge in [0, 0.05) is 13.2 Å². The monoisotopic (exact) mass is 230 g/mol. The smallest absolute Gasteiger partial charge is 0.101 e. The third-order valence-electron chi connectivity index (χ3n) is 3.55. The standard InChI is InChI=1S/C14H18N2O/c1-11-2-3-13(12(8-11)9-15)16-10-14(4-5-14)6-7-17/h2-3,8,16-17H,4-7,10H2,1H3. The van der Waals surface area contributed by atoms with Crippen LogP contribution in [0.4, 0.5) is 5.69 Å². The number of aryl methyl sites for hydroxylation is 1. The lowest BCUT2D eigenvalue weighted by atomic mass is 10.0. The molecule has 1 aromatic carbocycles. The van der Waals surface area contributed by atoms with E-state index in [1.165, 1.54) is 12.8 Å². The van der Waals surface area contributed by atoms with Gasteiger partial charge in [0.25, 0.3) is 0 Å². The van der Waals surface area contributed by atoms with Crippen LogP contribution in [0.5, 0.6) is 0 Å². The van der Waals surface area contributed by atoms with Gasteiger partial charge in [-0.05, 0) is 49.3 Å². The summed E-state index contributed by atoms with van der Waals surface area (Å²) in [6, 6.07) is 8.08. The number of rotatable bonds is 5. The number of hydrogen-bond donors (Lipinski definition) is 2. The lowest BCUT2D eigenvalue weighted by molar-refractivity contribution is 0.253. The molecule has 0 radical (unpaired) electrons. The summed E-state index contributed by atoms with van der Waals surface area (Å²) in [5, 5.41) is 21.4. The third kappa shape index (κ3) is 2.78. The first-order valence-electron chi connectivity index (χ1n) is 6.05. The van der Waals surface area contributed by atoms with Gasteiger partial charge in [0.15, 0.2) is 0 Å². The van der Waals surface area contributed by atoms with Crippen molar-refractivity contribution in [2.45, 2.75) is 26.2 Å². The summed E-state index contributed by atoms with van der Waals surface area (Å²) in [5.74, 6) is 0. The van der Waals surface area contributed by atoms with Crippen LogP contribution in [0.1, 0.15) is 30.4 Å². The number of anilines is 1. The normalized spacial score (nSPS) is 16.3. The van der Waals surface area contributed by atoms with Gasteiger partial charge in [0.05, 0.1) is 11.3 Å². The zero-order valence-corrected chi connectivity index (χ0v) is 10.2. The topological polar surface area (TPSA) is 56.0 Å². The van der Waals surface area contributed by atoms with Gasteiger partial charge in [-0.1, -0.05) is 6.07 Å². The Labute approximate surface area is 102 Å². The molecule has 0 heterocycles. The second-order valence-corrected chi connectivity index (χ2v) is 4.99. The van der Waals surface area contributed by atoms with Crippen molar-refractivity contribution in [3.05, 3.63) is 29.3 Å². The Bertz CT molecular complexity index is 444. The third-order valence-corrected chi connectivity index (χ3v) is 3.55. The lowest BCUT2D eigenvalue weighted by Crippen LogP contribution is -2.17. The van der Waals surface area contributed by atoms with Crippen LogP contribution in [-0.2, 0) is 0 Å². The fourth-order valence-electron chi connectivity index (χ4n) is 2.12. The molecule has 0 aromatic heterocycles. The average molecular weight is 230 g/mol. The SMILES string of the molecule is Cc1ccc(NCC2(CCO)CC2)c(C#N)c1. The number of aliphatic hydroxyl groups is 1. The molecule has 1 saturated carbocycles. The zero-order chi connectivity index (χ0) is 12.3. The Morgan fingerprint density at radius 3 is 2.82 bits per heavy atom. The molecule has 17 heavy (non-hydrogen) atoms.